The third-order valence-corrected chi connectivity index (χ3v) is 5.02. The minimum atomic E-state index is -1.05. The minimum absolute atomic E-state index is 0.0781. The number of piperazine rings is 1. The molecule has 0 radical (unpaired) electrons. The van der Waals surface area contributed by atoms with Gasteiger partial charge in [-0.15, -0.1) is 0 Å². The van der Waals surface area contributed by atoms with Crippen LogP contribution >= 0.6 is 0 Å². The van der Waals surface area contributed by atoms with Crippen molar-refractivity contribution >= 4 is 22.6 Å². The molecular formula is C22H18F2N2O2. The maximum absolute atomic E-state index is 13.4. The topological polar surface area (TPSA) is 40.6 Å². The van der Waals surface area contributed by atoms with E-state index in [0.717, 1.165) is 22.9 Å². The van der Waals surface area contributed by atoms with Crippen molar-refractivity contribution in [3.05, 3.63) is 83.4 Å². The summed E-state index contributed by atoms with van der Waals surface area (Å²) in [6.07, 6.45) is 0. The molecule has 0 bridgehead atoms. The molecule has 4 rings (SSSR count). The van der Waals surface area contributed by atoms with Crippen LogP contribution in [0.25, 0.3) is 10.8 Å². The summed E-state index contributed by atoms with van der Waals surface area (Å²) in [7, 11) is 0. The van der Waals surface area contributed by atoms with Gasteiger partial charge in [0, 0.05) is 37.3 Å². The zero-order valence-electron chi connectivity index (χ0n) is 15.1. The highest BCUT2D eigenvalue weighted by molar-refractivity contribution is 5.99. The van der Waals surface area contributed by atoms with E-state index in [-0.39, 0.29) is 17.4 Å². The number of amides is 2. The highest BCUT2D eigenvalue weighted by atomic mass is 19.2. The first kappa shape index (κ1) is 18.1. The average molecular weight is 380 g/mol. The quantitative estimate of drug-likeness (QED) is 0.680. The Morgan fingerprint density at radius 2 is 1.18 bits per heavy atom. The Morgan fingerprint density at radius 1 is 0.643 bits per heavy atom. The largest absolute Gasteiger partial charge is 0.335 e. The summed E-state index contributed by atoms with van der Waals surface area (Å²) in [6.45, 7) is 1.47. The van der Waals surface area contributed by atoms with E-state index >= 15 is 0 Å². The molecule has 6 heteroatoms. The van der Waals surface area contributed by atoms with Gasteiger partial charge in [-0.2, -0.15) is 0 Å². The molecule has 3 aromatic rings. The Bertz CT molecular complexity index is 1060. The van der Waals surface area contributed by atoms with Crippen LogP contribution in [0, 0.1) is 11.6 Å². The van der Waals surface area contributed by atoms with Gasteiger partial charge < -0.3 is 9.80 Å². The summed E-state index contributed by atoms with van der Waals surface area (Å²) in [5.41, 5.74) is 0.715. The van der Waals surface area contributed by atoms with Gasteiger partial charge in [0.15, 0.2) is 11.6 Å². The number of hydrogen-bond acceptors (Lipinski definition) is 2. The second-order valence-corrected chi connectivity index (χ2v) is 6.78. The number of fused-ring (bicyclic) bond motifs is 1. The second-order valence-electron chi connectivity index (χ2n) is 6.78. The highest BCUT2D eigenvalue weighted by Crippen LogP contribution is 2.18. The Morgan fingerprint density at radius 3 is 1.79 bits per heavy atom. The van der Waals surface area contributed by atoms with E-state index in [4.69, 9.17) is 0 Å². The molecule has 0 aromatic heterocycles. The summed E-state index contributed by atoms with van der Waals surface area (Å²) in [5.74, 6) is -2.47. The smallest absolute Gasteiger partial charge is 0.254 e. The van der Waals surface area contributed by atoms with Crippen LogP contribution in [0.15, 0.2) is 60.7 Å². The maximum Gasteiger partial charge on any atom is 0.254 e. The highest BCUT2D eigenvalue weighted by Gasteiger charge is 2.26. The van der Waals surface area contributed by atoms with Crippen molar-refractivity contribution in [1.29, 1.82) is 0 Å². The third kappa shape index (κ3) is 3.45. The molecule has 0 atom stereocenters. The van der Waals surface area contributed by atoms with Crippen molar-refractivity contribution in [2.45, 2.75) is 0 Å². The van der Waals surface area contributed by atoms with Crippen molar-refractivity contribution in [3.8, 4) is 0 Å². The Labute approximate surface area is 161 Å². The first-order chi connectivity index (χ1) is 13.5. The zero-order chi connectivity index (χ0) is 19.7. The molecule has 0 aliphatic carbocycles. The van der Waals surface area contributed by atoms with E-state index in [0.29, 0.717) is 31.7 Å². The minimum Gasteiger partial charge on any atom is -0.335 e. The van der Waals surface area contributed by atoms with Gasteiger partial charge in [0.05, 0.1) is 0 Å². The van der Waals surface area contributed by atoms with E-state index in [1.165, 1.54) is 6.07 Å². The molecule has 0 spiro atoms. The molecule has 1 saturated heterocycles. The molecule has 1 fully saturated rings. The van der Waals surface area contributed by atoms with Crippen molar-refractivity contribution in [3.63, 3.8) is 0 Å². The van der Waals surface area contributed by atoms with E-state index < -0.39 is 11.6 Å². The molecule has 3 aromatic carbocycles. The Kier molecular flexibility index (Phi) is 4.77. The summed E-state index contributed by atoms with van der Waals surface area (Å²) >= 11 is 0. The van der Waals surface area contributed by atoms with Crippen LogP contribution in [0.4, 0.5) is 8.78 Å². The number of halogens is 2. The van der Waals surface area contributed by atoms with Gasteiger partial charge in [-0.1, -0.05) is 30.3 Å². The molecule has 28 heavy (non-hydrogen) atoms. The summed E-state index contributed by atoms with van der Waals surface area (Å²) in [5, 5.41) is 2.07. The van der Waals surface area contributed by atoms with Crippen molar-refractivity contribution in [2.24, 2.45) is 0 Å². The molecular weight excluding hydrogens is 362 g/mol. The number of hydrogen-bond donors (Lipinski definition) is 0. The van der Waals surface area contributed by atoms with Gasteiger partial charge in [0.1, 0.15) is 0 Å². The number of carbonyl (C=O) groups excluding carboxylic acids is 2. The lowest BCUT2D eigenvalue weighted by molar-refractivity contribution is 0.0535. The molecule has 0 N–H and O–H groups in total. The fourth-order valence-corrected chi connectivity index (χ4v) is 3.43. The summed E-state index contributed by atoms with van der Waals surface area (Å²) < 4.78 is 26.4. The van der Waals surface area contributed by atoms with Gasteiger partial charge >= 0.3 is 0 Å². The number of benzene rings is 3. The molecule has 1 aliphatic heterocycles. The number of rotatable bonds is 2. The van der Waals surface area contributed by atoms with Crippen LogP contribution in [0.5, 0.6) is 0 Å². The van der Waals surface area contributed by atoms with Crippen molar-refractivity contribution in [2.75, 3.05) is 26.2 Å². The van der Waals surface area contributed by atoms with Gasteiger partial charge in [-0.25, -0.2) is 8.78 Å². The van der Waals surface area contributed by atoms with E-state index in [2.05, 4.69) is 0 Å². The fourth-order valence-electron chi connectivity index (χ4n) is 3.43. The lowest BCUT2D eigenvalue weighted by Gasteiger charge is -2.35. The van der Waals surface area contributed by atoms with Crippen LogP contribution in [0.2, 0.25) is 0 Å². The maximum atomic E-state index is 13.4. The number of carbonyl (C=O) groups is 2. The molecule has 0 unspecified atom stereocenters. The second kappa shape index (κ2) is 7.38. The average Bonchev–Trinajstić information content (AvgIpc) is 2.74. The lowest BCUT2D eigenvalue weighted by atomic mass is 10.1. The first-order valence-corrected chi connectivity index (χ1v) is 9.05. The summed E-state index contributed by atoms with van der Waals surface area (Å²) in [4.78, 5) is 28.6. The fraction of sp³-hybridized carbons (Fsp3) is 0.182. The van der Waals surface area contributed by atoms with Gasteiger partial charge in [0.2, 0.25) is 0 Å². The molecule has 0 saturated carbocycles. The van der Waals surface area contributed by atoms with Gasteiger partial charge in [-0.3, -0.25) is 9.59 Å². The van der Waals surface area contributed by atoms with Gasteiger partial charge in [-0.05, 0) is 41.1 Å². The molecule has 2 amide bonds. The zero-order valence-corrected chi connectivity index (χ0v) is 15.1. The molecule has 142 valence electrons. The van der Waals surface area contributed by atoms with Crippen LogP contribution in [-0.4, -0.2) is 47.8 Å². The van der Waals surface area contributed by atoms with Crippen molar-refractivity contribution < 1.29 is 18.4 Å². The number of nitrogens with zero attached hydrogens (tertiary/aromatic N) is 2. The van der Waals surface area contributed by atoms with Crippen LogP contribution in [0.3, 0.4) is 0 Å². The SMILES string of the molecule is O=C(c1ccc(F)c(F)c1)N1CCN(C(=O)c2ccc3ccccc3c2)CC1. The molecule has 4 nitrogen and oxygen atoms in total. The van der Waals surface area contributed by atoms with Crippen LogP contribution in [-0.2, 0) is 0 Å². The Hall–Kier alpha value is -3.28. The Balaban J connectivity index is 1.43. The van der Waals surface area contributed by atoms with E-state index in [9.17, 15) is 18.4 Å². The normalized spacial score (nSPS) is 14.4. The molecule has 1 aliphatic rings. The van der Waals surface area contributed by atoms with Crippen LogP contribution < -0.4 is 0 Å². The predicted molar refractivity (Wildman–Crippen MR) is 102 cm³/mol. The van der Waals surface area contributed by atoms with Gasteiger partial charge in [0.25, 0.3) is 11.8 Å². The third-order valence-electron chi connectivity index (χ3n) is 5.02. The van der Waals surface area contributed by atoms with Crippen molar-refractivity contribution in [1.82, 2.24) is 9.80 Å². The summed E-state index contributed by atoms with van der Waals surface area (Å²) in [6, 6.07) is 16.6. The predicted octanol–water partition coefficient (Wildman–Crippen LogP) is 3.72. The standard InChI is InChI=1S/C22H18F2N2O2/c23-19-8-7-18(14-20(19)24)22(28)26-11-9-25(10-12-26)21(27)17-6-5-15-3-1-2-4-16(15)13-17/h1-8,13-14H,9-12H2. The molecule has 1 heterocycles. The van der Waals surface area contributed by atoms with E-state index in [1.54, 1.807) is 9.80 Å². The lowest BCUT2D eigenvalue weighted by Crippen LogP contribution is -2.50. The monoisotopic (exact) mass is 380 g/mol. The first-order valence-electron chi connectivity index (χ1n) is 9.05. The van der Waals surface area contributed by atoms with E-state index in [1.807, 2.05) is 42.5 Å². The van der Waals surface area contributed by atoms with Crippen LogP contribution in [0.1, 0.15) is 20.7 Å².